The predicted octanol–water partition coefficient (Wildman–Crippen LogP) is 3.65. The number of ether oxygens (including phenoxy) is 1. The summed E-state index contributed by atoms with van der Waals surface area (Å²) in [7, 11) is 1.49. The third-order valence-corrected chi connectivity index (χ3v) is 6.93. The standard InChI is InChI=1S/C25H32N2O3/c1-17-6-3-4-8-20(17)21-11-13-27(16-22(21)25(29)30-2)15-18-9-10-19-7-5-12-26-24(19)23(28)14-18/h3-8,12,18,21-23,28H,9-11,13-16H2,1-2H3/t18-,21+,22-,23+/m1/s1. The Bertz CT molecular complexity index is 884. The molecule has 0 amide bonds. The van der Waals surface area contributed by atoms with E-state index in [1.165, 1.54) is 18.2 Å². The van der Waals surface area contributed by atoms with Gasteiger partial charge in [0, 0.05) is 19.3 Å². The molecule has 5 heteroatoms. The van der Waals surface area contributed by atoms with Crippen molar-refractivity contribution in [1.82, 2.24) is 9.88 Å². The summed E-state index contributed by atoms with van der Waals surface area (Å²) in [5, 5.41) is 10.7. The Hall–Kier alpha value is -2.24. The average Bonchev–Trinajstić information content (AvgIpc) is 2.92. The fourth-order valence-corrected chi connectivity index (χ4v) is 5.35. The lowest BCUT2D eigenvalue weighted by Crippen LogP contribution is -2.45. The molecule has 2 aliphatic rings. The van der Waals surface area contributed by atoms with Gasteiger partial charge in [0.1, 0.15) is 0 Å². The fourth-order valence-electron chi connectivity index (χ4n) is 5.35. The third kappa shape index (κ3) is 4.42. The zero-order valence-electron chi connectivity index (χ0n) is 18.0. The molecular weight excluding hydrogens is 376 g/mol. The Morgan fingerprint density at radius 2 is 2.07 bits per heavy atom. The maximum Gasteiger partial charge on any atom is 0.310 e. The van der Waals surface area contributed by atoms with Crippen molar-refractivity contribution in [2.24, 2.45) is 11.8 Å². The number of aliphatic hydroxyl groups excluding tert-OH is 1. The molecule has 4 atom stereocenters. The van der Waals surface area contributed by atoms with E-state index >= 15 is 0 Å². The zero-order chi connectivity index (χ0) is 21.1. The molecule has 1 aromatic heterocycles. The molecule has 0 unspecified atom stereocenters. The molecule has 2 heterocycles. The van der Waals surface area contributed by atoms with Gasteiger partial charge in [-0.15, -0.1) is 0 Å². The van der Waals surface area contributed by atoms with Crippen LogP contribution < -0.4 is 0 Å². The first-order valence-corrected chi connectivity index (χ1v) is 11.0. The highest BCUT2D eigenvalue weighted by atomic mass is 16.5. The summed E-state index contributed by atoms with van der Waals surface area (Å²) in [5.74, 6) is 0.315. The van der Waals surface area contributed by atoms with Crippen LogP contribution in [0, 0.1) is 18.8 Å². The van der Waals surface area contributed by atoms with Crippen LogP contribution in [-0.4, -0.2) is 47.7 Å². The average molecular weight is 409 g/mol. The Balaban J connectivity index is 1.45. The van der Waals surface area contributed by atoms with Crippen molar-refractivity contribution >= 4 is 5.97 Å². The van der Waals surface area contributed by atoms with E-state index in [4.69, 9.17) is 4.74 Å². The van der Waals surface area contributed by atoms with Crippen molar-refractivity contribution in [3.05, 3.63) is 65.0 Å². The molecule has 1 aliphatic heterocycles. The van der Waals surface area contributed by atoms with Gasteiger partial charge in [-0.25, -0.2) is 0 Å². The molecule has 30 heavy (non-hydrogen) atoms. The smallest absolute Gasteiger partial charge is 0.310 e. The van der Waals surface area contributed by atoms with E-state index in [1.807, 2.05) is 12.1 Å². The summed E-state index contributed by atoms with van der Waals surface area (Å²) in [6, 6.07) is 12.4. The SMILES string of the molecule is COC(=O)[C@@H]1CN(C[C@@H]2CCc3cccnc3[C@@H](O)C2)CC[C@H]1c1ccccc1C. The number of esters is 1. The first kappa shape index (κ1) is 21.0. The number of pyridine rings is 1. The Morgan fingerprint density at radius 3 is 2.87 bits per heavy atom. The summed E-state index contributed by atoms with van der Waals surface area (Å²) in [4.78, 5) is 19.5. The van der Waals surface area contributed by atoms with Gasteiger partial charge < -0.3 is 14.7 Å². The lowest BCUT2D eigenvalue weighted by atomic mass is 9.78. The van der Waals surface area contributed by atoms with Gasteiger partial charge in [-0.1, -0.05) is 30.3 Å². The molecule has 2 aromatic rings. The van der Waals surface area contributed by atoms with Gasteiger partial charge in [-0.2, -0.15) is 0 Å². The quantitative estimate of drug-likeness (QED) is 0.618. The van der Waals surface area contributed by atoms with Gasteiger partial charge in [-0.3, -0.25) is 9.78 Å². The summed E-state index contributed by atoms with van der Waals surface area (Å²) in [6.07, 6.45) is 4.92. The highest BCUT2D eigenvalue weighted by molar-refractivity contribution is 5.74. The molecule has 1 fully saturated rings. The van der Waals surface area contributed by atoms with Gasteiger partial charge in [-0.05, 0) is 73.7 Å². The number of hydrogen-bond donors (Lipinski definition) is 1. The predicted molar refractivity (Wildman–Crippen MR) is 116 cm³/mol. The molecule has 0 bridgehead atoms. The third-order valence-electron chi connectivity index (χ3n) is 6.93. The molecule has 0 radical (unpaired) electrons. The van der Waals surface area contributed by atoms with Crippen LogP contribution in [0.2, 0.25) is 0 Å². The second-order valence-electron chi connectivity index (χ2n) is 8.84. The molecule has 1 aromatic carbocycles. The number of nitrogens with zero attached hydrogens (tertiary/aromatic N) is 2. The molecule has 0 spiro atoms. The number of aromatic nitrogens is 1. The van der Waals surface area contributed by atoms with Crippen molar-refractivity contribution in [3.8, 4) is 0 Å². The van der Waals surface area contributed by atoms with E-state index in [-0.39, 0.29) is 17.8 Å². The molecule has 5 nitrogen and oxygen atoms in total. The van der Waals surface area contributed by atoms with Crippen molar-refractivity contribution < 1.29 is 14.6 Å². The number of likely N-dealkylation sites (tertiary alicyclic amines) is 1. The molecule has 1 aliphatic carbocycles. The van der Waals surface area contributed by atoms with Crippen LogP contribution in [0.3, 0.4) is 0 Å². The van der Waals surface area contributed by atoms with Crippen LogP contribution in [0.5, 0.6) is 0 Å². The maximum atomic E-state index is 12.7. The normalized spacial score (nSPS) is 27.2. The summed E-state index contributed by atoms with van der Waals surface area (Å²) < 4.78 is 5.19. The van der Waals surface area contributed by atoms with Gasteiger partial charge in [0.15, 0.2) is 0 Å². The van der Waals surface area contributed by atoms with Crippen LogP contribution in [-0.2, 0) is 16.0 Å². The topological polar surface area (TPSA) is 62.7 Å². The van der Waals surface area contributed by atoms with E-state index < -0.39 is 6.10 Å². The van der Waals surface area contributed by atoms with Crippen molar-refractivity contribution in [3.63, 3.8) is 0 Å². The minimum Gasteiger partial charge on any atom is -0.469 e. The number of methoxy groups -OCH3 is 1. The number of carbonyl (C=O) groups is 1. The van der Waals surface area contributed by atoms with Gasteiger partial charge >= 0.3 is 5.97 Å². The number of rotatable bonds is 4. The van der Waals surface area contributed by atoms with Gasteiger partial charge in [0.25, 0.3) is 0 Å². The summed E-state index contributed by atoms with van der Waals surface area (Å²) >= 11 is 0. The second kappa shape index (κ2) is 9.27. The van der Waals surface area contributed by atoms with Crippen LogP contribution in [0.25, 0.3) is 0 Å². The highest BCUT2D eigenvalue weighted by Crippen LogP contribution is 2.37. The second-order valence-corrected chi connectivity index (χ2v) is 8.84. The lowest BCUT2D eigenvalue weighted by molar-refractivity contribution is -0.148. The van der Waals surface area contributed by atoms with E-state index in [9.17, 15) is 9.90 Å². The van der Waals surface area contributed by atoms with Crippen LogP contribution in [0.1, 0.15) is 53.7 Å². The maximum absolute atomic E-state index is 12.7. The van der Waals surface area contributed by atoms with E-state index in [2.05, 4.69) is 41.1 Å². The van der Waals surface area contributed by atoms with Crippen LogP contribution >= 0.6 is 0 Å². The largest absolute Gasteiger partial charge is 0.469 e. The lowest BCUT2D eigenvalue weighted by Gasteiger charge is -2.39. The minimum atomic E-state index is -0.505. The van der Waals surface area contributed by atoms with E-state index in [1.54, 1.807) is 6.20 Å². The van der Waals surface area contributed by atoms with Crippen molar-refractivity contribution in [2.75, 3.05) is 26.7 Å². The molecule has 0 saturated carbocycles. The molecular formula is C25H32N2O3. The Kier molecular flexibility index (Phi) is 6.49. The van der Waals surface area contributed by atoms with Crippen molar-refractivity contribution in [2.45, 2.75) is 44.6 Å². The Morgan fingerprint density at radius 1 is 1.23 bits per heavy atom. The van der Waals surface area contributed by atoms with Gasteiger partial charge in [0.05, 0.1) is 24.8 Å². The van der Waals surface area contributed by atoms with Crippen LogP contribution in [0.4, 0.5) is 0 Å². The molecule has 4 rings (SSSR count). The van der Waals surface area contributed by atoms with E-state index in [0.29, 0.717) is 12.5 Å². The fraction of sp³-hybridized carbons (Fsp3) is 0.520. The molecule has 1 N–H and O–H groups in total. The monoisotopic (exact) mass is 408 g/mol. The number of carbonyl (C=O) groups excluding carboxylic acids is 1. The first-order chi connectivity index (χ1) is 14.6. The number of hydrogen-bond acceptors (Lipinski definition) is 5. The van der Waals surface area contributed by atoms with E-state index in [0.717, 1.165) is 50.0 Å². The Labute approximate surface area is 179 Å². The number of aryl methyl sites for hydroxylation is 2. The molecule has 1 saturated heterocycles. The zero-order valence-corrected chi connectivity index (χ0v) is 18.0. The highest BCUT2D eigenvalue weighted by Gasteiger charge is 2.37. The molecule has 160 valence electrons. The van der Waals surface area contributed by atoms with Crippen molar-refractivity contribution in [1.29, 1.82) is 0 Å². The minimum absolute atomic E-state index is 0.120. The summed E-state index contributed by atoms with van der Waals surface area (Å²) in [6.45, 7) is 4.70. The van der Waals surface area contributed by atoms with Gasteiger partial charge in [0.2, 0.25) is 0 Å². The first-order valence-electron chi connectivity index (χ1n) is 11.0. The summed E-state index contributed by atoms with van der Waals surface area (Å²) in [5.41, 5.74) is 4.50. The number of benzene rings is 1. The number of piperidine rings is 1. The number of aliphatic hydroxyl groups is 1. The number of fused-ring (bicyclic) bond motifs is 1. The van der Waals surface area contributed by atoms with Crippen LogP contribution in [0.15, 0.2) is 42.6 Å².